The largest absolute Gasteiger partial charge is 0.309 e. The predicted octanol–water partition coefficient (Wildman–Crippen LogP) is 14.0. The van der Waals surface area contributed by atoms with Gasteiger partial charge in [-0.3, -0.25) is 0 Å². The Morgan fingerprint density at radius 2 is 1.05 bits per heavy atom. The third kappa shape index (κ3) is 5.24. The highest BCUT2D eigenvalue weighted by Gasteiger charge is 2.53. The number of aliphatic imine (C=N–C) groups is 2. The average molecular weight is 778 g/mol. The minimum Gasteiger partial charge on any atom is -0.309 e. The first-order valence-corrected chi connectivity index (χ1v) is 21.0. The van der Waals surface area contributed by atoms with Crippen LogP contribution in [0.5, 0.6) is 0 Å². The van der Waals surface area contributed by atoms with Crippen LogP contribution >= 0.6 is 0 Å². The Morgan fingerprint density at radius 3 is 1.74 bits per heavy atom. The van der Waals surface area contributed by atoms with Crippen LogP contribution in [0, 0.1) is 0 Å². The fourth-order valence-electron chi connectivity index (χ4n) is 10.5. The van der Waals surface area contributed by atoms with Gasteiger partial charge >= 0.3 is 0 Å². The molecule has 3 nitrogen and oxygen atoms in total. The molecule has 61 heavy (non-hydrogen) atoms. The first kappa shape index (κ1) is 35.1. The van der Waals surface area contributed by atoms with Gasteiger partial charge in [-0.2, -0.15) is 0 Å². The van der Waals surface area contributed by atoms with Crippen LogP contribution in [0.2, 0.25) is 0 Å². The Hall–Kier alpha value is -7.88. The van der Waals surface area contributed by atoms with Gasteiger partial charge in [0.05, 0.1) is 22.1 Å². The van der Waals surface area contributed by atoms with Crippen LogP contribution in [0.1, 0.15) is 33.4 Å². The predicted molar refractivity (Wildman–Crippen MR) is 255 cm³/mol. The Labute approximate surface area is 355 Å². The molecule has 0 saturated carbocycles. The first-order valence-electron chi connectivity index (χ1n) is 21.0. The van der Waals surface area contributed by atoms with Gasteiger partial charge in [0, 0.05) is 27.6 Å². The third-order valence-electron chi connectivity index (χ3n) is 13.1. The molecule has 0 saturated heterocycles. The number of rotatable bonds is 6. The number of amidine groups is 1. The van der Waals surface area contributed by atoms with E-state index in [1.54, 1.807) is 0 Å². The van der Waals surface area contributed by atoms with Crippen molar-refractivity contribution in [1.29, 1.82) is 0 Å². The van der Waals surface area contributed by atoms with Gasteiger partial charge in [0.25, 0.3) is 0 Å². The molecule has 0 N–H and O–H groups in total. The summed E-state index contributed by atoms with van der Waals surface area (Å²) in [5.74, 6) is 0.610. The summed E-state index contributed by atoms with van der Waals surface area (Å²) in [6, 6.07) is 77.1. The fourth-order valence-corrected chi connectivity index (χ4v) is 10.5. The number of aromatic nitrogens is 1. The van der Waals surface area contributed by atoms with E-state index < -0.39 is 5.41 Å². The SMILES string of the molecule is C=N/C(=N\C1=C(Cc2cccc3ccccc23)C2(c3cc(-c4ccc(-n5c6ccccc6c6ccccc65)cc4)ccc31)c1ccccc1-c1ccccc12)c1ccccc1. The maximum atomic E-state index is 5.58. The monoisotopic (exact) mass is 777 g/mol. The zero-order chi connectivity index (χ0) is 40.5. The van der Waals surface area contributed by atoms with Gasteiger partial charge in [0.1, 0.15) is 0 Å². The van der Waals surface area contributed by atoms with Gasteiger partial charge in [-0.25, -0.2) is 9.98 Å². The van der Waals surface area contributed by atoms with E-state index in [0.717, 1.165) is 33.6 Å². The minimum absolute atomic E-state index is 0.610. The quantitative estimate of drug-likeness (QED) is 0.119. The average Bonchev–Trinajstić information content (AvgIpc) is 3.92. The lowest BCUT2D eigenvalue weighted by Gasteiger charge is -2.33. The van der Waals surface area contributed by atoms with Crippen molar-refractivity contribution in [3.05, 3.63) is 251 Å². The molecule has 0 amide bonds. The van der Waals surface area contributed by atoms with E-state index in [9.17, 15) is 0 Å². The minimum atomic E-state index is -0.611. The lowest BCUT2D eigenvalue weighted by atomic mass is 9.68. The molecule has 9 aromatic carbocycles. The van der Waals surface area contributed by atoms with Crippen molar-refractivity contribution in [1.82, 2.24) is 4.57 Å². The molecule has 286 valence electrons. The maximum absolute atomic E-state index is 5.58. The second kappa shape index (κ2) is 13.9. The first-order chi connectivity index (χ1) is 30.2. The maximum Gasteiger partial charge on any atom is 0.159 e. The van der Waals surface area contributed by atoms with Gasteiger partial charge in [-0.15, -0.1) is 0 Å². The second-order valence-corrected chi connectivity index (χ2v) is 16.1. The molecular formula is C58H39N3. The highest BCUT2D eigenvalue weighted by Crippen LogP contribution is 2.63. The summed E-state index contributed by atoms with van der Waals surface area (Å²) in [7, 11) is 0. The van der Waals surface area contributed by atoms with Crippen molar-refractivity contribution in [2.45, 2.75) is 11.8 Å². The highest BCUT2D eigenvalue weighted by molar-refractivity contribution is 6.09. The van der Waals surface area contributed by atoms with Crippen LogP contribution in [-0.4, -0.2) is 17.1 Å². The van der Waals surface area contributed by atoms with Gasteiger partial charge in [0.15, 0.2) is 5.84 Å². The van der Waals surface area contributed by atoms with E-state index in [-0.39, 0.29) is 0 Å². The van der Waals surface area contributed by atoms with Crippen LogP contribution in [0.15, 0.2) is 228 Å². The van der Waals surface area contributed by atoms with Crippen LogP contribution in [0.3, 0.4) is 0 Å². The van der Waals surface area contributed by atoms with Crippen molar-refractivity contribution >= 4 is 50.8 Å². The molecule has 0 unspecified atom stereocenters. The smallest absolute Gasteiger partial charge is 0.159 e. The van der Waals surface area contributed by atoms with Gasteiger partial charge in [-0.1, -0.05) is 182 Å². The summed E-state index contributed by atoms with van der Waals surface area (Å²) >= 11 is 0. The van der Waals surface area contributed by atoms with Crippen molar-refractivity contribution < 1.29 is 0 Å². The molecule has 10 aromatic rings. The van der Waals surface area contributed by atoms with E-state index in [0.29, 0.717) is 12.3 Å². The topological polar surface area (TPSA) is 29.6 Å². The Morgan fingerprint density at radius 1 is 0.475 bits per heavy atom. The van der Waals surface area contributed by atoms with Crippen LogP contribution in [-0.2, 0) is 11.8 Å². The summed E-state index contributed by atoms with van der Waals surface area (Å²) in [5.41, 5.74) is 17.1. The number of hydrogen-bond donors (Lipinski definition) is 0. The zero-order valence-corrected chi connectivity index (χ0v) is 33.5. The Kier molecular flexibility index (Phi) is 7.98. The highest BCUT2D eigenvalue weighted by atomic mass is 15.0. The summed E-state index contributed by atoms with van der Waals surface area (Å²) in [4.78, 5) is 10.2. The number of para-hydroxylation sites is 2. The lowest BCUT2D eigenvalue weighted by molar-refractivity contribution is 0.741. The van der Waals surface area contributed by atoms with E-state index in [1.807, 2.05) is 18.2 Å². The molecule has 12 rings (SSSR count). The number of fused-ring (bicyclic) bond motifs is 11. The van der Waals surface area contributed by atoms with Crippen LogP contribution < -0.4 is 0 Å². The number of allylic oxidation sites excluding steroid dienone is 1. The molecule has 0 atom stereocenters. The molecule has 1 heterocycles. The van der Waals surface area contributed by atoms with Crippen molar-refractivity contribution in [2.24, 2.45) is 9.98 Å². The fraction of sp³-hybridized carbons (Fsp3) is 0.0345. The molecular weight excluding hydrogens is 739 g/mol. The van der Waals surface area contributed by atoms with Gasteiger partial charge in [0.2, 0.25) is 0 Å². The second-order valence-electron chi connectivity index (χ2n) is 16.1. The zero-order valence-electron chi connectivity index (χ0n) is 33.5. The van der Waals surface area contributed by atoms with Gasteiger partial charge in [-0.05, 0) is 104 Å². The molecule has 0 aliphatic heterocycles. The van der Waals surface area contributed by atoms with Gasteiger partial charge < -0.3 is 4.57 Å². The molecule has 1 aromatic heterocycles. The Balaban J connectivity index is 1.10. The summed E-state index contributed by atoms with van der Waals surface area (Å²) in [5, 5.41) is 5.00. The molecule has 0 bridgehead atoms. The standard InChI is InChI=1S/C58H39N3/c1-59-57(40-17-3-2-4-18-40)60-56-49-35-32-41(38-30-33-43(34-31-38)61-54-28-13-9-24-47(54)48-25-10-14-29-55(48)61)36-52(49)58(50-26-11-7-22-45(50)46-23-8-12-27-51(46)58)53(56)37-42-20-15-19-39-16-5-6-21-44(39)42/h2-36H,1,37H2/b60-57-. The summed E-state index contributed by atoms with van der Waals surface area (Å²) < 4.78 is 2.38. The molecule has 0 fully saturated rings. The molecule has 2 aliphatic rings. The number of hydrogen-bond acceptors (Lipinski definition) is 1. The number of benzene rings is 9. The van der Waals surface area contributed by atoms with Crippen molar-refractivity contribution in [3.63, 3.8) is 0 Å². The molecule has 3 heteroatoms. The molecule has 1 spiro atoms. The van der Waals surface area contributed by atoms with E-state index >= 15 is 0 Å². The van der Waals surface area contributed by atoms with Crippen molar-refractivity contribution in [2.75, 3.05) is 0 Å². The van der Waals surface area contributed by atoms with E-state index in [1.165, 1.54) is 71.5 Å². The summed E-state index contributed by atoms with van der Waals surface area (Å²) in [6.07, 6.45) is 0.694. The van der Waals surface area contributed by atoms with Crippen molar-refractivity contribution in [3.8, 4) is 27.9 Å². The molecule has 0 radical (unpaired) electrons. The van der Waals surface area contributed by atoms with Crippen LogP contribution in [0.4, 0.5) is 0 Å². The van der Waals surface area contributed by atoms with E-state index in [4.69, 9.17) is 4.99 Å². The van der Waals surface area contributed by atoms with Crippen LogP contribution in [0.25, 0.3) is 66.2 Å². The third-order valence-corrected chi connectivity index (χ3v) is 13.1. The number of nitrogens with zero attached hydrogens (tertiary/aromatic N) is 3. The van der Waals surface area contributed by atoms with E-state index in [2.05, 4.69) is 210 Å². The summed E-state index contributed by atoms with van der Waals surface area (Å²) in [6.45, 7) is 4.05. The lowest BCUT2D eigenvalue weighted by Crippen LogP contribution is -2.28. The normalized spacial score (nSPS) is 13.9. The Bertz CT molecular complexity index is 3350. The molecule has 2 aliphatic carbocycles.